The van der Waals surface area contributed by atoms with Gasteiger partial charge in [0.1, 0.15) is 11.6 Å². The van der Waals surface area contributed by atoms with Crippen molar-refractivity contribution in [3.05, 3.63) is 66.5 Å². The van der Waals surface area contributed by atoms with Crippen molar-refractivity contribution in [2.75, 3.05) is 49.2 Å². The number of fused-ring (bicyclic) bond motifs is 1. The van der Waals surface area contributed by atoms with E-state index in [0.717, 1.165) is 54.0 Å². The molecule has 3 N–H and O–H groups in total. The maximum Gasteiger partial charge on any atom is 0.257 e. The van der Waals surface area contributed by atoms with Gasteiger partial charge in [-0.2, -0.15) is 0 Å². The predicted molar refractivity (Wildman–Crippen MR) is 129 cm³/mol. The van der Waals surface area contributed by atoms with Gasteiger partial charge in [-0.25, -0.2) is 9.97 Å². The van der Waals surface area contributed by atoms with Crippen molar-refractivity contribution < 1.29 is 4.79 Å². The summed E-state index contributed by atoms with van der Waals surface area (Å²) >= 11 is 0. The third-order valence-corrected chi connectivity index (χ3v) is 5.78. The van der Waals surface area contributed by atoms with Crippen LogP contribution in [0.25, 0.3) is 22.0 Å². The Labute approximate surface area is 191 Å². The number of nitrogens with two attached hydrogens (primary N) is 1. The fourth-order valence-corrected chi connectivity index (χ4v) is 3.82. The average Bonchev–Trinajstić information content (AvgIpc) is 2.84. The SMILES string of the molecule is CN1CCN(c2cc(C(=O)Nc3cc4cc(-c5ccc(N)nc5)ccc4nn3)ccn2)CC1. The van der Waals surface area contributed by atoms with Crippen LogP contribution in [0.5, 0.6) is 0 Å². The van der Waals surface area contributed by atoms with Crippen molar-refractivity contribution in [3.8, 4) is 11.1 Å². The number of nitrogens with one attached hydrogen (secondary N) is 1. The number of carbonyl (C=O) groups is 1. The van der Waals surface area contributed by atoms with Crippen molar-refractivity contribution in [1.29, 1.82) is 0 Å². The summed E-state index contributed by atoms with van der Waals surface area (Å²) < 4.78 is 0. The summed E-state index contributed by atoms with van der Waals surface area (Å²) in [6, 6.07) is 14.9. The Balaban J connectivity index is 1.36. The van der Waals surface area contributed by atoms with Crippen molar-refractivity contribution >= 4 is 34.3 Å². The van der Waals surface area contributed by atoms with E-state index in [1.165, 1.54) is 0 Å². The van der Waals surface area contributed by atoms with E-state index >= 15 is 0 Å². The number of likely N-dealkylation sites (N-methyl/N-ethyl adjacent to an activating group) is 1. The molecule has 0 saturated carbocycles. The molecule has 1 aromatic carbocycles. The first-order chi connectivity index (χ1) is 16.0. The lowest BCUT2D eigenvalue weighted by atomic mass is 10.1. The molecular weight excluding hydrogens is 416 g/mol. The van der Waals surface area contributed by atoms with Gasteiger partial charge in [0.25, 0.3) is 5.91 Å². The first-order valence-corrected chi connectivity index (χ1v) is 10.8. The molecule has 4 heterocycles. The zero-order valence-corrected chi connectivity index (χ0v) is 18.3. The lowest BCUT2D eigenvalue weighted by Crippen LogP contribution is -2.44. The fourth-order valence-electron chi connectivity index (χ4n) is 3.82. The number of rotatable bonds is 4. The first-order valence-electron chi connectivity index (χ1n) is 10.8. The molecule has 166 valence electrons. The molecule has 1 aliphatic heterocycles. The van der Waals surface area contributed by atoms with Crippen LogP contribution in [0.2, 0.25) is 0 Å². The number of piperazine rings is 1. The van der Waals surface area contributed by atoms with Crippen LogP contribution >= 0.6 is 0 Å². The summed E-state index contributed by atoms with van der Waals surface area (Å²) in [6.07, 6.45) is 3.40. The minimum Gasteiger partial charge on any atom is -0.384 e. The van der Waals surface area contributed by atoms with Crippen LogP contribution < -0.4 is 16.0 Å². The van der Waals surface area contributed by atoms with Crippen LogP contribution in [0.1, 0.15) is 10.4 Å². The Hall–Kier alpha value is -4.11. The fraction of sp³-hybridized carbons (Fsp3) is 0.208. The van der Waals surface area contributed by atoms with Crippen LogP contribution in [0.3, 0.4) is 0 Å². The van der Waals surface area contributed by atoms with E-state index < -0.39 is 0 Å². The number of carbonyl (C=O) groups excluding carboxylic acids is 1. The maximum atomic E-state index is 12.9. The number of nitrogen functional groups attached to an aromatic ring is 1. The molecule has 1 aliphatic rings. The molecule has 0 unspecified atom stereocenters. The summed E-state index contributed by atoms with van der Waals surface area (Å²) in [7, 11) is 2.11. The largest absolute Gasteiger partial charge is 0.384 e. The molecule has 9 nitrogen and oxygen atoms in total. The van der Waals surface area contributed by atoms with E-state index in [4.69, 9.17) is 5.73 Å². The Kier molecular flexibility index (Phi) is 5.54. The number of hydrogen-bond donors (Lipinski definition) is 2. The Bertz CT molecular complexity index is 1300. The summed E-state index contributed by atoms with van der Waals surface area (Å²) in [5, 5.41) is 12.1. The van der Waals surface area contributed by atoms with Gasteiger partial charge in [-0.15, -0.1) is 10.2 Å². The molecule has 4 aromatic rings. The molecule has 1 saturated heterocycles. The standard InChI is InChI=1S/C24H24N8O/c1-31-8-10-32(11-9-31)23-14-17(6-7-26-23)24(33)28-22-13-19-12-16(2-4-20(19)29-30-22)18-3-5-21(25)27-15-18/h2-7,12-15H,8-11H2,1H3,(H2,25,27)(H,28,30,33). The summed E-state index contributed by atoms with van der Waals surface area (Å²) in [5.74, 6) is 1.42. The maximum absolute atomic E-state index is 12.9. The first kappa shape index (κ1) is 20.8. The van der Waals surface area contributed by atoms with Crippen LogP contribution in [0.15, 0.2) is 60.9 Å². The quantitative estimate of drug-likeness (QED) is 0.498. The van der Waals surface area contributed by atoms with Gasteiger partial charge >= 0.3 is 0 Å². The zero-order valence-electron chi connectivity index (χ0n) is 18.3. The van der Waals surface area contributed by atoms with Gasteiger partial charge in [-0.3, -0.25) is 4.79 Å². The van der Waals surface area contributed by atoms with Crippen molar-refractivity contribution in [2.24, 2.45) is 0 Å². The summed E-state index contributed by atoms with van der Waals surface area (Å²) in [5.41, 5.74) is 8.88. The third-order valence-electron chi connectivity index (χ3n) is 5.78. The van der Waals surface area contributed by atoms with Gasteiger partial charge in [0.2, 0.25) is 0 Å². The minimum absolute atomic E-state index is 0.250. The number of anilines is 3. The molecule has 9 heteroatoms. The number of nitrogens with zero attached hydrogens (tertiary/aromatic N) is 6. The van der Waals surface area contributed by atoms with Crippen LogP contribution in [0.4, 0.5) is 17.5 Å². The summed E-state index contributed by atoms with van der Waals surface area (Å²) in [6.45, 7) is 3.71. The Morgan fingerprint density at radius 3 is 2.55 bits per heavy atom. The molecule has 0 aliphatic carbocycles. The van der Waals surface area contributed by atoms with E-state index in [9.17, 15) is 4.79 Å². The number of pyridine rings is 2. The molecular formula is C24H24N8O. The van der Waals surface area contributed by atoms with Gasteiger partial charge in [-0.05, 0) is 55.1 Å². The number of amides is 1. The molecule has 1 fully saturated rings. The molecule has 0 spiro atoms. The van der Waals surface area contributed by atoms with Gasteiger partial charge in [0.05, 0.1) is 5.52 Å². The zero-order chi connectivity index (χ0) is 22.8. The molecule has 33 heavy (non-hydrogen) atoms. The van der Waals surface area contributed by atoms with Gasteiger partial charge in [0, 0.05) is 55.1 Å². The molecule has 3 aromatic heterocycles. The highest BCUT2D eigenvalue weighted by atomic mass is 16.1. The summed E-state index contributed by atoms with van der Waals surface area (Å²) in [4.78, 5) is 26.0. The van der Waals surface area contributed by atoms with E-state index in [2.05, 4.69) is 42.3 Å². The highest BCUT2D eigenvalue weighted by molar-refractivity contribution is 6.04. The topological polar surface area (TPSA) is 113 Å². The number of aromatic nitrogens is 4. The van der Waals surface area contributed by atoms with E-state index in [0.29, 0.717) is 17.2 Å². The van der Waals surface area contributed by atoms with Crippen molar-refractivity contribution in [3.63, 3.8) is 0 Å². The minimum atomic E-state index is -0.250. The Morgan fingerprint density at radius 2 is 1.76 bits per heavy atom. The third kappa shape index (κ3) is 4.58. The lowest BCUT2D eigenvalue weighted by Gasteiger charge is -2.33. The highest BCUT2D eigenvalue weighted by Crippen LogP contribution is 2.24. The van der Waals surface area contributed by atoms with Crippen LogP contribution in [-0.4, -0.2) is 64.2 Å². The van der Waals surface area contributed by atoms with E-state index in [-0.39, 0.29) is 5.91 Å². The lowest BCUT2D eigenvalue weighted by molar-refractivity contribution is 0.102. The molecule has 0 atom stereocenters. The average molecular weight is 441 g/mol. The monoisotopic (exact) mass is 440 g/mol. The van der Waals surface area contributed by atoms with Gasteiger partial charge in [0.15, 0.2) is 5.82 Å². The van der Waals surface area contributed by atoms with E-state index in [1.54, 1.807) is 24.5 Å². The molecule has 0 radical (unpaired) electrons. The van der Waals surface area contributed by atoms with Crippen LogP contribution in [-0.2, 0) is 0 Å². The second-order valence-electron chi connectivity index (χ2n) is 8.12. The second-order valence-corrected chi connectivity index (χ2v) is 8.12. The van der Waals surface area contributed by atoms with Gasteiger partial charge < -0.3 is 20.9 Å². The van der Waals surface area contributed by atoms with E-state index in [1.807, 2.05) is 36.4 Å². The molecule has 1 amide bonds. The second kappa shape index (κ2) is 8.79. The molecule has 5 rings (SSSR count). The number of hydrogen-bond acceptors (Lipinski definition) is 8. The van der Waals surface area contributed by atoms with Crippen molar-refractivity contribution in [1.82, 2.24) is 25.1 Å². The van der Waals surface area contributed by atoms with Gasteiger partial charge in [-0.1, -0.05) is 6.07 Å². The smallest absolute Gasteiger partial charge is 0.257 e. The number of benzene rings is 1. The molecule has 0 bridgehead atoms. The van der Waals surface area contributed by atoms with Crippen molar-refractivity contribution in [2.45, 2.75) is 0 Å². The highest BCUT2D eigenvalue weighted by Gasteiger charge is 2.17. The predicted octanol–water partition coefficient (Wildman–Crippen LogP) is 2.67. The normalized spacial score (nSPS) is 14.4. The van der Waals surface area contributed by atoms with Crippen LogP contribution in [0, 0.1) is 0 Å². The Morgan fingerprint density at radius 1 is 0.939 bits per heavy atom.